The van der Waals surface area contributed by atoms with Gasteiger partial charge in [0.05, 0.1) is 5.60 Å². The zero-order valence-electron chi connectivity index (χ0n) is 7.93. The molecule has 5 heteroatoms. The van der Waals surface area contributed by atoms with E-state index in [-0.39, 0.29) is 6.54 Å². The van der Waals surface area contributed by atoms with E-state index in [1.165, 1.54) is 4.90 Å². The summed E-state index contributed by atoms with van der Waals surface area (Å²) in [6.45, 7) is 4.14. The van der Waals surface area contributed by atoms with Crippen molar-refractivity contribution in [3.63, 3.8) is 0 Å². The second-order valence-electron chi connectivity index (χ2n) is 4.01. The van der Waals surface area contributed by atoms with Crippen LogP contribution >= 0.6 is 0 Å². The van der Waals surface area contributed by atoms with Gasteiger partial charge in [-0.3, -0.25) is 10.2 Å². The van der Waals surface area contributed by atoms with Crippen LogP contribution in [0, 0.1) is 0 Å². The molecule has 0 bridgehead atoms. The van der Waals surface area contributed by atoms with Crippen LogP contribution in [0.1, 0.15) is 13.8 Å². The van der Waals surface area contributed by atoms with E-state index in [0.29, 0.717) is 13.1 Å². The molecule has 2 atom stereocenters. The Morgan fingerprint density at radius 2 is 2.15 bits per heavy atom. The van der Waals surface area contributed by atoms with Gasteiger partial charge in [0.1, 0.15) is 0 Å². The van der Waals surface area contributed by atoms with Gasteiger partial charge in [0.15, 0.2) is 12.6 Å². The summed E-state index contributed by atoms with van der Waals surface area (Å²) in [4.78, 5) is 1.31. The van der Waals surface area contributed by atoms with Crippen LogP contribution in [-0.2, 0) is 0 Å². The predicted octanol–water partition coefficient (Wildman–Crippen LogP) is 0.254. The molecule has 1 rings (SSSR count). The number of nitrogens with one attached hydrogen (secondary N) is 1. The first kappa shape index (κ1) is 10.8. The molecule has 1 aliphatic heterocycles. The van der Waals surface area contributed by atoms with Crippen molar-refractivity contribution in [3.05, 3.63) is 0 Å². The Bertz CT molecular complexity index is 172. The zero-order valence-corrected chi connectivity index (χ0v) is 7.93. The fraction of sp³-hybridized carbons (Fsp3) is 1.00. The van der Waals surface area contributed by atoms with Gasteiger partial charge in [0.25, 0.3) is 0 Å². The van der Waals surface area contributed by atoms with E-state index in [0.717, 1.165) is 0 Å². The fourth-order valence-corrected chi connectivity index (χ4v) is 1.41. The van der Waals surface area contributed by atoms with Crippen molar-refractivity contribution in [2.24, 2.45) is 0 Å². The minimum atomic E-state index is -1.65. The molecule has 0 aromatic rings. The lowest BCUT2D eigenvalue weighted by atomic mass is 10.1. The molecule has 0 saturated carbocycles. The second kappa shape index (κ2) is 3.86. The lowest BCUT2D eigenvalue weighted by molar-refractivity contribution is -0.0669. The average molecular weight is 194 g/mol. The minimum absolute atomic E-state index is 0.149. The zero-order chi connectivity index (χ0) is 10.1. The summed E-state index contributed by atoms with van der Waals surface area (Å²) in [5.41, 5.74) is -0.985. The van der Waals surface area contributed by atoms with Crippen molar-refractivity contribution < 1.29 is 13.9 Å². The van der Waals surface area contributed by atoms with Gasteiger partial charge in [0.2, 0.25) is 0 Å². The fourth-order valence-electron chi connectivity index (χ4n) is 1.41. The number of alkyl halides is 2. The monoisotopic (exact) mass is 194 g/mol. The number of aliphatic hydroxyl groups is 1. The Morgan fingerprint density at radius 1 is 1.54 bits per heavy atom. The molecule has 0 amide bonds. The van der Waals surface area contributed by atoms with E-state index in [2.05, 4.69) is 5.32 Å². The van der Waals surface area contributed by atoms with Crippen molar-refractivity contribution in [2.75, 3.05) is 19.6 Å². The first-order chi connectivity index (χ1) is 5.90. The Kier molecular flexibility index (Phi) is 3.21. The molecule has 0 aliphatic carbocycles. The molecule has 1 heterocycles. The lowest BCUT2D eigenvalue weighted by Crippen LogP contribution is -2.57. The van der Waals surface area contributed by atoms with Crippen molar-refractivity contribution in [3.8, 4) is 0 Å². The molecular weight excluding hydrogens is 178 g/mol. The highest BCUT2D eigenvalue weighted by Crippen LogP contribution is 2.15. The molecular formula is C8H16F2N2O. The summed E-state index contributed by atoms with van der Waals surface area (Å²) in [6.07, 6.45) is -3.30. The van der Waals surface area contributed by atoms with Gasteiger partial charge in [-0.1, -0.05) is 0 Å². The topological polar surface area (TPSA) is 35.5 Å². The van der Waals surface area contributed by atoms with Gasteiger partial charge >= 0.3 is 0 Å². The number of nitrogens with zero attached hydrogens (tertiary/aromatic N) is 1. The van der Waals surface area contributed by atoms with Gasteiger partial charge in [0, 0.05) is 19.6 Å². The summed E-state index contributed by atoms with van der Waals surface area (Å²) >= 11 is 0. The van der Waals surface area contributed by atoms with Crippen LogP contribution in [-0.4, -0.2) is 47.8 Å². The summed E-state index contributed by atoms with van der Waals surface area (Å²) in [6, 6.07) is 0. The lowest BCUT2D eigenvalue weighted by Gasteiger charge is -2.36. The number of piperazine rings is 1. The Hall–Kier alpha value is -0.260. The maximum atomic E-state index is 13.1. The highest BCUT2D eigenvalue weighted by atomic mass is 19.2. The molecule has 2 N–H and O–H groups in total. The van der Waals surface area contributed by atoms with E-state index in [9.17, 15) is 13.9 Å². The van der Waals surface area contributed by atoms with Crippen molar-refractivity contribution >= 4 is 0 Å². The third-order valence-electron chi connectivity index (χ3n) is 1.92. The SMILES string of the molecule is CC(C)(O)CN1CCNC(F)C1F. The summed E-state index contributed by atoms with van der Waals surface area (Å²) in [7, 11) is 0. The molecule has 78 valence electrons. The number of hydrogen-bond donors (Lipinski definition) is 2. The van der Waals surface area contributed by atoms with Gasteiger partial charge in [-0.05, 0) is 13.8 Å². The minimum Gasteiger partial charge on any atom is -0.389 e. The first-order valence-electron chi connectivity index (χ1n) is 4.38. The van der Waals surface area contributed by atoms with E-state index in [4.69, 9.17) is 0 Å². The smallest absolute Gasteiger partial charge is 0.198 e. The van der Waals surface area contributed by atoms with Gasteiger partial charge < -0.3 is 5.11 Å². The number of rotatable bonds is 2. The highest BCUT2D eigenvalue weighted by Gasteiger charge is 2.33. The molecule has 0 aromatic heterocycles. The molecule has 1 aliphatic rings. The number of β-amino-alcohol motifs (C(OH)–C–C–N with tert-alkyl or cyclic N) is 1. The van der Waals surface area contributed by atoms with Crippen LogP contribution in [0.25, 0.3) is 0 Å². The van der Waals surface area contributed by atoms with E-state index in [1.807, 2.05) is 0 Å². The van der Waals surface area contributed by atoms with E-state index < -0.39 is 18.2 Å². The Morgan fingerprint density at radius 3 is 2.69 bits per heavy atom. The third-order valence-corrected chi connectivity index (χ3v) is 1.92. The first-order valence-corrected chi connectivity index (χ1v) is 4.38. The van der Waals surface area contributed by atoms with Crippen LogP contribution in [0.15, 0.2) is 0 Å². The van der Waals surface area contributed by atoms with Crippen LogP contribution in [0.2, 0.25) is 0 Å². The molecule has 0 radical (unpaired) electrons. The highest BCUT2D eigenvalue weighted by molar-refractivity contribution is 4.81. The van der Waals surface area contributed by atoms with Crippen molar-refractivity contribution in [2.45, 2.75) is 32.0 Å². The normalized spacial score (nSPS) is 32.1. The van der Waals surface area contributed by atoms with Gasteiger partial charge in [-0.15, -0.1) is 0 Å². The summed E-state index contributed by atoms with van der Waals surface area (Å²) in [5, 5.41) is 11.8. The van der Waals surface area contributed by atoms with Crippen LogP contribution < -0.4 is 5.32 Å². The van der Waals surface area contributed by atoms with Gasteiger partial charge in [-0.2, -0.15) is 0 Å². The standard InChI is InChI=1S/C8H16F2N2O/c1-8(2,13)5-12-4-3-11-6(9)7(12)10/h6-7,11,13H,3-5H2,1-2H3. The molecule has 0 spiro atoms. The average Bonchev–Trinajstić information content (AvgIpc) is 1.96. The second-order valence-corrected chi connectivity index (χ2v) is 4.01. The van der Waals surface area contributed by atoms with Crippen molar-refractivity contribution in [1.82, 2.24) is 10.2 Å². The molecule has 13 heavy (non-hydrogen) atoms. The third kappa shape index (κ3) is 3.17. The number of halogens is 2. The molecule has 1 fully saturated rings. The summed E-state index contributed by atoms with van der Waals surface area (Å²) in [5.74, 6) is 0. The maximum absolute atomic E-state index is 13.1. The van der Waals surface area contributed by atoms with Gasteiger partial charge in [-0.25, -0.2) is 8.78 Å². The quantitative estimate of drug-likeness (QED) is 0.619. The summed E-state index contributed by atoms with van der Waals surface area (Å²) < 4.78 is 25.9. The van der Waals surface area contributed by atoms with Crippen LogP contribution in [0.4, 0.5) is 8.78 Å². The maximum Gasteiger partial charge on any atom is 0.198 e. The molecule has 2 unspecified atom stereocenters. The van der Waals surface area contributed by atoms with Crippen LogP contribution in [0.3, 0.4) is 0 Å². The molecule has 1 saturated heterocycles. The largest absolute Gasteiger partial charge is 0.389 e. The predicted molar refractivity (Wildman–Crippen MR) is 45.7 cm³/mol. The Labute approximate surface area is 76.7 Å². The van der Waals surface area contributed by atoms with Crippen LogP contribution in [0.5, 0.6) is 0 Å². The molecule has 0 aromatic carbocycles. The Balaban J connectivity index is 2.49. The number of hydrogen-bond acceptors (Lipinski definition) is 3. The van der Waals surface area contributed by atoms with E-state index in [1.54, 1.807) is 13.8 Å². The van der Waals surface area contributed by atoms with Crippen molar-refractivity contribution in [1.29, 1.82) is 0 Å². The van der Waals surface area contributed by atoms with E-state index >= 15 is 0 Å². The molecule has 3 nitrogen and oxygen atoms in total.